The first kappa shape index (κ1) is 22.8. The zero-order chi connectivity index (χ0) is 23.0. The van der Waals surface area contributed by atoms with E-state index in [4.69, 9.17) is 11.6 Å². The Morgan fingerprint density at radius 2 is 1.91 bits per heavy atom. The van der Waals surface area contributed by atoms with E-state index in [9.17, 15) is 13.2 Å². The van der Waals surface area contributed by atoms with Crippen LogP contribution in [0, 0.1) is 13.8 Å². The number of rotatable bonds is 5. The summed E-state index contributed by atoms with van der Waals surface area (Å²) in [6.07, 6.45) is 4.74. The van der Waals surface area contributed by atoms with Crippen molar-refractivity contribution in [2.75, 3.05) is 17.8 Å². The second-order valence-electron chi connectivity index (χ2n) is 7.98. The second kappa shape index (κ2) is 8.88. The number of halogens is 1. The van der Waals surface area contributed by atoms with Gasteiger partial charge in [0.15, 0.2) is 0 Å². The van der Waals surface area contributed by atoms with Gasteiger partial charge in [-0.1, -0.05) is 17.7 Å². The highest BCUT2D eigenvalue weighted by atomic mass is 35.5. The van der Waals surface area contributed by atoms with E-state index in [1.54, 1.807) is 49.0 Å². The third-order valence-corrected chi connectivity index (χ3v) is 8.57. The largest absolute Gasteiger partial charge is 0.347 e. The molecular weight excluding hydrogens is 468 g/mol. The van der Waals surface area contributed by atoms with E-state index >= 15 is 0 Å². The molecule has 10 heteroatoms. The van der Waals surface area contributed by atoms with Gasteiger partial charge in [-0.3, -0.25) is 9.52 Å². The van der Waals surface area contributed by atoms with Crippen LogP contribution in [0.4, 0.5) is 5.69 Å². The van der Waals surface area contributed by atoms with Gasteiger partial charge >= 0.3 is 0 Å². The molecule has 1 aromatic carbocycles. The highest BCUT2D eigenvalue weighted by Gasteiger charge is 2.25. The van der Waals surface area contributed by atoms with Gasteiger partial charge in [0.25, 0.3) is 15.9 Å². The summed E-state index contributed by atoms with van der Waals surface area (Å²) in [6, 6.07) is 6.66. The normalized spacial score (nSPS) is 14.6. The lowest BCUT2D eigenvalue weighted by Gasteiger charge is -2.26. The summed E-state index contributed by atoms with van der Waals surface area (Å²) in [4.78, 5) is 20.1. The Balaban J connectivity index is 1.62. The molecule has 3 aromatic rings. The first-order valence-corrected chi connectivity index (χ1v) is 13.1. The number of thiazole rings is 1. The molecule has 2 aromatic heterocycles. The number of aromatic nitrogens is 2. The van der Waals surface area contributed by atoms with Crippen molar-refractivity contribution < 1.29 is 13.2 Å². The van der Waals surface area contributed by atoms with Crippen molar-refractivity contribution in [2.24, 2.45) is 7.05 Å². The maximum absolute atomic E-state index is 13.0. The van der Waals surface area contributed by atoms with Crippen molar-refractivity contribution >= 4 is 44.6 Å². The number of aryl methyl sites for hydroxylation is 2. The van der Waals surface area contributed by atoms with E-state index in [-0.39, 0.29) is 10.8 Å². The van der Waals surface area contributed by atoms with Crippen molar-refractivity contribution in [3.8, 4) is 10.7 Å². The molecule has 0 saturated carbocycles. The van der Waals surface area contributed by atoms with Gasteiger partial charge in [0.05, 0.1) is 17.1 Å². The minimum Gasteiger partial charge on any atom is -0.347 e. The van der Waals surface area contributed by atoms with Crippen LogP contribution in [0.2, 0.25) is 5.02 Å². The Labute approximate surface area is 197 Å². The summed E-state index contributed by atoms with van der Waals surface area (Å²) >= 11 is 7.43. The van der Waals surface area contributed by atoms with E-state index in [1.807, 2.05) is 11.8 Å². The molecule has 4 rings (SSSR count). The van der Waals surface area contributed by atoms with Gasteiger partial charge in [0.2, 0.25) is 0 Å². The Kier molecular flexibility index (Phi) is 6.33. The van der Waals surface area contributed by atoms with Crippen LogP contribution in [0.15, 0.2) is 35.4 Å². The van der Waals surface area contributed by atoms with Crippen LogP contribution < -0.4 is 4.72 Å². The van der Waals surface area contributed by atoms with Crippen LogP contribution in [-0.2, 0) is 17.1 Å². The van der Waals surface area contributed by atoms with Crippen molar-refractivity contribution in [3.63, 3.8) is 0 Å². The van der Waals surface area contributed by atoms with Crippen molar-refractivity contribution in [2.45, 2.75) is 38.0 Å². The molecule has 0 bridgehead atoms. The van der Waals surface area contributed by atoms with E-state index in [2.05, 4.69) is 9.71 Å². The molecule has 1 N–H and O–H groups in total. The third kappa shape index (κ3) is 4.42. The zero-order valence-electron chi connectivity index (χ0n) is 18.2. The molecule has 1 saturated heterocycles. The number of nitrogens with one attached hydrogen (secondary N) is 1. The summed E-state index contributed by atoms with van der Waals surface area (Å²) < 4.78 is 30.3. The molecule has 0 atom stereocenters. The number of likely N-dealkylation sites (tertiary alicyclic amines) is 1. The molecule has 170 valence electrons. The summed E-state index contributed by atoms with van der Waals surface area (Å²) in [5.74, 6) is 0.00565. The van der Waals surface area contributed by atoms with Crippen molar-refractivity contribution in [3.05, 3.63) is 51.6 Å². The lowest BCUT2D eigenvalue weighted by Crippen LogP contribution is -2.35. The zero-order valence-corrected chi connectivity index (χ0v) is 20.6. The summed E-state index contributed by atoms with van der Waals surface area (Å²) in [5.41, 5.74) is 2.39. The van der Waals surface area contributed by atoms with Crippen LogP contribution in [0.25, 0.3) is 10.7 Å². The molecule has 0 aliphatic carbocycles. The van der Waals surface area contributed by atoms with Gasteiger partial charge < -0.3 is 9.47 Å². The van der Waals surface area contributed by atoms with Crippen LogP contribution in [-0.4, -0.2) is 41.9 Å². The number of hydrogen-bond acceptors (Lipinski definition) is 5. The minimum atomic E-state index is -3.83. The molecule has 1 fully saturated rings. The smallest absolute Gasteiger partial charge is 0.265 e. The predicted octanol–water partition coefficient (Wildman–Crippen LogP) is 4.85. The highest BCUT2D eigenvalue weighted by molar-refractivity contribution is 7.92. The Morgan fingerprint density at radius 1 is 1.19 bits per heavy atom. The van der Waals surface area contributed by atoms with E-state index in [0.717, 1.165) is 32.4 Å². The number of piperidine rings is 1. The topological polar surface area (TPSA) is 84.3 Å². The number of anilines is 1. The Morgan fingerprint density at radius 3 is 2.62 bits per heavy atom. The first-order valence-electron chi connectivity index (χ1n) is 10.4. The molecule has 0 radical (unpaired) electrons. The average Bonchev–Trinajstić information content (AvgIpc) is 3.34. The van der Waals surface area contributed by atoms with Gasteiger partial charge in [-0.05, 0) is 56.9 Å². The molecule has 1 aliphatic heterocycles. The summed E-state index contributed by atoms with van der Waals surface area (Å²) in [7, 11) is -2.06. The van der Waals surface area contributed by atoms with Crippen LogP contribution in [0.3, 0.4) is 0 Å². The number of nitrogens with zero attached hydrogens (tertiary/aromatic N) is 3. The second-order valence-corrected chi connectivity index (χ2v) is 11.1. The number of sulfonamides is 1. The summed E-state index contributed by atoms with van der Waals surface area (Å²) in [5, 5.41) is 1.11. The van der Waals surface area contributed by atoms with Crippen LogP contribution >= 0.6 is 22.9 Å². The molecule has 32 heavy (non-hydrogen) atoms. The number of hydrogen-bond donors (Lipinski definition) is 1. The lowest BCUT2D eigenvalue weighted by molar-refractivity contribution is 0.0728. The quantitative estimate of drug-likeness (QED) is 0.552. The van der Waals surface area contributed by atoms with Gasteiger partial charge in [0.1, 0.15) is 14.8 Å². The molecule has 1 amide bonds. The standard InChI is InChI=1S/C22H25ClN4O3S2/c1-14-17(23)8-7-9-18(14)25-32(29,30)16-12-19(26(3)13-16)21-24-15(2)20(31-21)22(28)27-10-5-4-6-11-27/h7-9,12-13,25H,4-6,10-11H2,1-3H3. The SMILES string of the molecule is Cc1nc(-c2cc(S(=O)(=O)Nc3cccc(Cl)c3C)cn2C)sc1C(=O)N1CCCCC1. The van der Waals surface area contributed by atoms with Crippen molar-refractivity contribution in [1.82, 2.24) is 14.5 Å². The number of benzene rings is 1. The van der Waals surface area contributed by atoms with Gasteiger partial charge in [-0.15, -0.1) is 11.3 Å². The Bertz CT molecular complexity index is 1270. The Hall–Kier alpha value is -2.36. The van der Waals surface area contributed by atoms with Gasteiger partial charge in [-0.25, -0.2) is 13.4 Å². The molecule has 0 spiro atoms. The fourth-order valence-corrected chi connectivity index (χ4v) is 6.22. The maximum atomic E-state index is 13.0. The fourth-order valence-electron chi connectivity index (χ4n) is 3.76. The number of amides is 1. The van der Waals surface area contributed by atoms with E-state index in [0.29, 0.717) is 37.5 Å². The monoisotopic (exact) mass is 492 g/mol. The maximum Gasteiger partial charge on any atom is 0.265 e. The predicted molar refractivity (Wildman–Crippen MR) is 128 cm³/mol. The highest BCUT2D eigenvalue weighted by Crippen LogP contribution is 2.32. The van der Waals surface area contributed by atoms with Crippen molar-refractivity contribution in [1.29, 1.82) is 0 Å². The summed E-state index contributed by atoms with van der Waals surface area (Å²) in [6.45, 7) is 5.12. The molecule has 0 unspecified atom stereocenters. The average molecular weight is 493 g/mol. The van der Waals surface area contributed by atoms with Crippen LogP contribution in [0.1, 0.15) is 40.2 Å². The van der Waals surface area contributed by atoms with Crippen LogP contribution in [0.5, 0.6) is 0 Å². The molecular formula is C22H25ClN4O3S2. The minimum absolute atomic E-state index is 0.00565. The van der Waals surface area contributed by atoms with E-state index in [1.165, 1.54) is 11.3 Å². The molecule has 1 aliphatic rings. The third-order valence-electron chi connectivity index (χ3n) is 5.66. The fraction of sp³-hybridized carbons (Fsp3) is 0.364. The number of carbonyl (C=O) groups is 1. The van der Waals surface area contributed by atoms with Gasteiger partial charge in [-0.2, -0.15) is 0 Å². The van der Waals surface area contributed by atoms with Gasteiger partial charge in [0, 0.05) is 31.4 Å². The molecule has 3 heterocycles. The number of carbonyl (C=O) groups excluding carboxylic acids is 1. The first-order chi connectivity index (χ1) is 15.2. The lowest BCUT2D eigenvalue weighted by atomic mass is 10.1. The molecule has 7 nitrogen and oxygen atoms in total. The van der Waals surface area contributed by atoms with E-state index < -0.39 is 10.0 Å².